The summed E-state index contributed by atoms with van der Waals surface area (Å²) in [5, 5.41) is 9.56. The van der Waals surface area contributed by atoms with Crippen molar-refractivity contribution in [3.05, 3.63) is 206 Å². The number of hydrogen-bond donors (Lipinski definition) is 0. The second-order valence-electron chi connectivity index (χ2n) is 15.1. The number of thiophene rings is 1. The van der Waals surface area contributed by atoms with E-state index in [4.69, 9.17) is 9.40 Å². The molecule has 0 N–H and O–H groups in total. The number of fused-ring (bicyclic) bond motifs is 10. The van der Waals surface area contributed by atoms with Gasteiger partial charge in [-0.2, -0.15) is 0 Å². The van der Waals surface area contributed by atoms with E-state index >= 15 is 0 Å². The van der Waals surface area contributed by atoms with Crippen LogP contribution in [0.4, 0.5) is 17.1 Å². The van der Waals surface area contributed by atoms with Crippen molar-refractivity contribution in [3.8, 4) is 33.7 Å². The van der Waals surface area contributed by atoms with Crippen LogP contribution in [0.25, 0.3) is 97.3 Å². The SMILES string of the molecule is c1ccc(-c2nc3ccc4ccc5cc(-c6ccc7c(c6)sc6cc(N(c8ccccc8)c8ccccc8-c8ccccc8)ccc67)c6ccccc6c5c4c3o2)cc1. The molecular formula is C55H34N2OS. The third-order valence-electron chi connectivity index (χ3n) is 11.6. The number of nitrogens with zero attached hydrogens (tertiary/aromatic N) is 2. The Labute approximate surface area is 344 Å². The summed E-state index contributed by atoms with van der Waals surface area (Å²) < 4.78 is 9.13. The first-order valence-corrected chi connectivity index (χ1v) is 20.8. The molecule has 0 amide bonds. The quantitative estimate of drug-likeness (QED) is 0.158. The van der Waals surface area contributed by atoms with Gasteiger partial charge in [-0.25, -0.2) is 4.98 Å². The number of rotatable bonds is 6. The summed E-state index contributed by atoms with van der Waals surface area (Å²) >= 11 is 1.86. The highest BCUT2D eigenvalue weighted by Gasteiger charge is 2.20. The van der Waals surface area contributed by atoms with Gasteiger partial charge < -0.3 is 9.32 Å². The van der Waals surface area contributed by atoms with Gasteiger partial charge in [-0.15, -0.1) is 11.3 Å². The average molecular weight is 771 g/mol. The van der Waals surface area contributed by atoms with E-state index in [1.54, 1.807) is 0 Å². The van der Waals surface area contributed by atoms with Crippen molar-refractivity contribution in [1.29, 1.82) is 0 Å². The molecule has 0 fully saturated rings. The standard InChI is InChI=1S/C55H34N2OS/c1-4-14-35(15-5-1)42-20-12-13-23-49(42)57(40-18-8-3-9-19-40)41-28-30-45-44-29-26-38(33-50(44)59-51(45)34-41)47-32-39-25-24-36-27-31-48-54(58-55(56-48)37-16-6-2-7-17-37)53(36)52(39)46-22-11-10-21-43(46)47/h1-34H. The van der Waals surface area contributed by atoms with Crippen LogP contribution in [0.15, 0.2) is 211 Å². The van der Waals surface area contributed by atoms with Crippen LogP contribution in [0.2, 0.25) is 0 Å². The molecule has 0 saturated heterocycles. The maximum atomic E-state index is 6.60. The highest BCUT2D eigenvalue weighted by Crippen LogP contribution is 2.46. The van der Waals surface area contributed by atoms with E-state index in [-0.39, 0.29) is 0 Å². The molecule has 0 aliphatic carbocycles. The van der Waals surface area contributed by atoms with Crippen LogP contribution >= 0.6 is 11.3 Å². The number of benzene rings is 10. The highest BCUT2D eigenvalue weighted by molar-refractivity contribution is 7.25. The number of oxazole rings is 1. The maximum Gasteiger partial charge on any atom is 0.227 e. The average Bonchev–Trinajstić information content (AvgIpc) is 3.91. The normalized spacial score (nSPS) is 11.7. The third-order valence-corrected chi connectivity index (χ3v) is 12.8. The number of anilines is 3. The summed E-state index contributed by atoms with van der Waals surface area (Å²) in [5.74, 6) is 0.638. The molecule has 2 aromatic heterocycles. The summed E-state index contributed by atoms with van der Waals surface area (Å²) in [6, 6.07) is 74.0. The van der Waals surface area contributed by atoms with Gasteiger partial charge in [0.15, 0.2) is 5.58 Å². The lowest BCUT2D eigenvalue weighted by molar-refractivity contribution is 0.623. The molecule has 2 heterocycles. The Bertz CT molecular complexity index is 3550. The van der Waals surface area contributed by atoms with Crippen LogP contribution < -0.4 is 4.90 Å². The smallest absolute Gasteiger partial charge is 0.227 e. The van der Waals surface area contributed by atoms with Gasteiger partial charge in [0.05, 0.1) is 5.69 Å². The van der Waals surface area contributed by atoms with Crippen LogP contribution in [0.3, 0.4) is 0 Å². The summed E-state index contributed by atoms with van der Waals surface area (Å²) in [6.45, 7) is 0. The van der Waals surface area contributed by atoms with Gasteiger partial charge in [0.1, 0.15) is 5.52 Å². The summed E-state index contributed by atoms with van der Waals surface area (Å²) in [5.41, 5.74) is 10.9. The van der Waals surface area contributed by atoms with E-state index in [0.29, 0.717) is 5.89 Å². The summed E-state index contributed by atoms with van der Waals surface area (Å²) in [7, 11) is 0. The molecule has 3 nitrogen and oxygen atoms in total. The Balaban J connectivity index is 1.01. The summed E-state index contributed by atoms with van der Waals surface area (Å²) in [4.78, 5) is 7.31. The second kappa shape index (κ2) is 13.6. The van der Waals surface area contributed by atoms with Gasteiger partial charge >= 0.3 is 0 Å². The monoisotopic (exact) mass is 770 g/mol. The zero-order chi connectivity index (χ0) is 38.9. The summed E-state index contributed by atoms with van der Waals surface area (Å²) in [6.07, 6.45) is 0. The molecule has 0 unspecified atom stereocenters. The van der Waals surface area contributed by atoms with Gasteiger partial charge in [-0.05, 0) is 98.9 Å². The minimum Gasteiger partial charge on any atom is -0.435 e. The molecule has 10 aromatic carbocycles. The maximum absolute atomic E-state index is 6.60. The van der Waals surface area contributed by atoms with E-state index in [9.17, 15) is 0 Å². The molecule has 12 aromatic rings. The zero-order valence-electron chi connectivity index (χ0n) is 31.8. The Hall–Kier alpha value is -7.53. The van der Waals surface area contributed by atoms with Crippen LogP contribution in [0, 0.1) is 0 Å². The Kier molecular flexibility index (Phi) is 7.72. The number of aromatic nitrogens is 1. The van der Waals surface area contributed by atoms with Gasteiger partial charge in [-0.3, -0.25) is 0 Å². The lowest BCUT2D eigenvalue weighted by atomic mass is 9.90. The van der Waals surface area contributed by atoms with Crippen LogP contribution in [-0.4, -0.2) is 4.98 Å². The molecule has 0 aliphatic heterocycles. The lowest BCUT2D eigenvalue weighted by Gasteiger charge is -2.28. The van der Waals surface area contributed by atoms with Crippen LogP contribution in [0.5, 0.6) is 0 Å². The third kappa shape index (κ3) is 5.53. The van der Waals surface area contributed by atoms with E-state index < -0.39 is 0 Å². The fraction of sp³-hybridized carbons (Fsp3) is 0. The van der Waals surface area contributed by atoms with E-state index in [0.717, 1.165) is 44.5 Å². The molecule has 4 heteroatoms. The van der Waals surface area contributed by atoms with E-state index in [1.165, 1.54) is 64.0 Å². The molecule has 59 heavy (non-hydrogen) atoms. The zero-order valence-corrected chi connectivity index (χ0v) is 32.7. The van der Waals surface area contributed by atoms with Crippen molar-refractivity contribution in [2.45, 2.75) is 0 Å². The highest BCUT2D eigenvalue weighted by atomic mass is 32.1. The van der Waals surface area contributed by atoms with Crippen molar-refractivity contribution in [1.82, 2.24) is 4.98 Å². The van der Waals surface area contributed by atoms with Crippen LogP contribution in [0.1, 0.15) is 0 Å². The first-order valence-electron chi connectivity index (χ1n) is 19.9. The second-order valence-corrected chi connectivity index (χ2v) is 16.2. The predicted molar refractivity (Wildman–Crippen MR) is 250 cm³/mol. The molecule has 12 rings (SSSR count). The van der Waals surface area contributed by atoms with Crippen molar-refractivity contribution in [3.63, 3.8) is 0 Å². The molecular weight excluding hydrogens is 737 g/mol. The Morgan fingerprint density at radius 3 is 1.86 bits per heavy atom. The number of para-hydroxylation sites is 2. The fourth-order valence-electron chi connectivity index (χ4n) is 8.94. The molecule has 0 spiro atoms. The largest absolute Gasteiger partial charge is 0.435 e. The van der Waals surface area contributed by atoms with Gasteiger partial charge in [-0.1, -0.05) is 146 Å². The van der Waals surface area contributed by atoms with Crippen molar-refractivity contribution >= 4 is 92.0 Å². The first kappa shape index (κ1) is 33.6. The van der Waals surface area contributed by atoms with Gasteiger partial charge in [0.2, 0.25) is 5.89 Å². The fourth-order valence-corrected chi connectivity index (χ4v) is 10.1. The number of hydrogen-bond acceptors (Lipinski definition) is 4. The molecule has 0 atom stereocenters. The lowest BCUT2D eigenvalue weighted by Crippen LogP contribution is -2.10. The van der Waals surface area contributed by atoms with Crippen LogP contribution in [-0.2, 0) is 0 Å². The van der Waals surface area contributed by atoms with Crippen molar-refractivity contribution < 1.29 is 4.42 Å². The van der Waals surface area contributed by atoms with E-state index in [1.807, 2.05) is 41.7 Å². The minimum atomic E-state index is 0.638. The Morgan fingerprint density at radius 1 is 0.407 bits per heavy atom. The molecule has 276 valence electrons. The topological polar surface area (TPSA) is 29.3 Å². The molecule has 0 radical (unpaired) electrons. The predicted octanol–water partition coefficient (Wildman–Crippen LogP) is 16.1. The van der Waals surface area contributed by atoms with Gasteiger partial charge in [0, 0.05) is 53.4 Å². The first-order chi connectivity index (χ1) is 29.2. The van der Waals surface area contributed by atoms with Crippen molar-refractivity contribution in [2.75, 3.05) is 4.90 Å². The Morgan fingerprint density at radius 2 is 1.05 bits per heavy atom. The van der Waals surface area contributed by atoms with Gasteiger partial charge in [0.25, 0.3) is 0 Å². The molecule has 0 aliphatic rings. The van der Waals surface area contributed by atoms with E-state index in [2.05, 4.69) is 181 Å². The molecule has 0 bridgehead atoms. The van der Waals surface area contributed by atoms with Crippen molar-refractivity contribution in [2.24, 2.45) is 0 Å². The minimum absolute atomic E-state index is 0.638. The molecule has 0 saturated carbocycles.